The first-order valence-electron chi connectivity index (χ1n) is 7.73. The molecule has 2 aliphatic carbocycles. The van der Waals surface area contributed by atoms with Crippen molar-refractivity contribution in [2.45, 2.75) is 37.8 Å². The molecule has 0 aromatic heterocycles. The zero-order valence-corrected chi connectivity index (χ0v) is 12.6. The highest BCUT2D eigenvalue weighted by atomic mass is 16.5. The molecule has 0 radical (unpaired) electrons. The number of nitrogens with zero attached hydrogens (tertiary/aromatic N) is 1. The molecular weight excluding hydrogens is 248 g/mol. The fraction of sp³-hybridized carbons (Fsp3) is 0.647. The molecule has 2 N–H and O–H groups in total. The Labute approximate surface area is 122 Å². The zero-order valence-electron chi connectivity index (χ0n) is 12.6. The third-order valence-electron chi connectivity index (χ3n) is 5.66. The van der Waals surface area contributed by atoms with Crippen LogP contribution in [-0.4, -0.2) is 31.1 Å². The van der Waals surface area contributed by atoms with Gasteiger partial charge >= 0.3 is 0 Å². The summed E-state index contributed by atoms with van der Waals surface area (Å²) in [4.78, 5) is 2.49. The fourth-order valence-electron chi connectivity index (χ4n) is 4.53. The number of fused-ring (bicyclic) bond motifs is 2. The minimum Gasteiger partial charge on any atom is -0.496 e. The molecule has 0 heterocycles. The second-order valence-electron chi connectivity index (χ2n) is 6.56. The van der Waals surface area contributed by atoms with Crippen molar-refractivity contribution in [3.63, 3.8) is 0 Å². The van der Waals surface area contributed by atoms with Crippen LogP contribution in [0.2, 0.25) is 0 Å². The normalized spacial score (nSPS) is 32.0. The third kappa shape index (κ3) is 2.13. The van der Waals surface area contributed by atoms with Crippen LogP contribution in [0.1, 0.15) is 31.2 Å². The van der Waals surface area contributed by atoms with Gasteiger partial charge in [0.05, 0.1) is 7.11 Å². The summed E-state index contributed by atoms with van der Waals surface area (Å²) in [6.07, 6.45) is 5.43. The molecule has 20 heavy (non-hydrogen) atoms. The summed E-state index contributed by atoms with van der Waals surface area (Å²) in [7, 11) is 3.98. The summed E-state index contributed by atoms with van der Waals surface area (Å²) in [5, 5.41) is 0. The van der Waals surface area contributed by atoms with Gasteiger partial charge in [0, 0.05) is 24.2 Å². The summed E-state index contributed by atoms with van der Waals surface area (Å²) >= 11 is 0. The molecule has 2 fully saturated rings. The van der Waals surface area contributed by atoms with Crippen molar-refractivity contribution in [2.24, 2.45) is 17.6 Å². The molecule has 1 aromatic rings. The van der Waals surface area contributed by atoms with E-state index in [9.17, 15) is 0 Å². The number of hydrogen-bond donors (Lipinski definition) is 1. The van der Waals surface area contributed by atoms with E-state index in [1.807, 2.05) is 12.1 Å². The molecule has 3 atom stereocenters. The van der Waals surface area contributed by atoms with Crippen LogP contribution in [0, 0.1) is 11.8 Å². The molecule has 3 unspecified atom stereocenters. The number of rotatable bonds is 5. The lowest BCUT2D eigenvalue weighted by Crippen LogP contribution is -2.55. The van der Waals surface area contributed by atoms with E-state index in [2.05, 4.69) is 24.1 Å². The summed E-state index contributed by atoms with van der Waals surface area (Å²) in [6, 6.07) is 8.31. The number of ether oxygens (including phenoxy) is 1. The topological polar surface area (TPSA) is 38.5 Å². The number of methoxy groups -OCH3 is 1. The van der Waals surface area contributed by atoms with E-state index in [0.717, 1.165) is 30.7 Å². The van der Waals surface area contributed by atoms with Gasteiger partial charge in [-0.1, -0.05) is 24.6 Å². The van der Waals surface area contributed by atoms with Gasteiger partial charge in [0.1, 0.15) is 5.75 Å². The van der Waals surface area contributed by atoms with E-state index in [0.29, 0.717) is 0 Å². The minimum absolute atomic E-state index is 0.212. The monoisotopic (exact) mass is 274 g/mol. The van der Waals surface area contributed by atoms with E-state index in [1.54, 1.807) is 7.11 Å². The highest BCUT2D eigenvalue weighted by Crippen LogP contribution is 2.53. The average Bonchev–Trinajstić information content (AvgIpc) is 3.08. The van der Waals surface area contributed by atoms with Crippen LogP contribution >= 0.6 is 0 Å². The standard InChI is InChI=1S/C17H26N2O/c1-19(11-14-5-3-4-6-16(14)20-2)17(12-18)10-13-7-8-15(17)9-13/h3-6,13,15H,7-12,18H2,1-2H3. The van der Waals surface area contributed by atoms with Gasteiger partial charge in [-0.2, -0.15) is 0 Å². The van der Waals surface area contributed by atoms with Crippen molar-refractivity contribution in [3.8, 4) is 5.75 Å². The molecule has 0 saturated heterocycles. The molecule has 3 rings (SSSR count). The van der Waals surface area contributed by atoms with E-state index in [1.165, 1.54) is 31.2 Å². The van der Waals surface area contributed by atoms with Crippen LogP contribution in [0.25, 0.3) is 0 Å². The number of likely N-dealkylation sites (N-methyl/N-ethyl adjacent to an activating group) is 1. The quantitative estimate of drug-likeness (QED) is 0.897. The molecule has 1 aromatic carbocycles. The second-order valence-corrected chi connectivity index (χ2v) is 6.56. The summed E-state index contributed by atoms with van der Waals surface area (Å²) in [5.74, 6) is 2.68. The van der Waals surface area contributed by atoms with Gasteiger partial charge in [0.2, 0.25) is 0 Å². The highest BCUT2D eigenvalue weighted by Gasteiger charge is 2.52. The van der Waals surface area contributed by atoms with Crippen molar-refractivity contribution >= 4 is 0 Å². The average molecular weight is 274 g/mol. The number of para-hydroxylation sites is 1. The summed E-state index contributed by atoms with van der Waals surface area (Å²) < 4.78 is 5.48. The Morgan fingerprint density at radius 1 is 1.35 bits per heavy atom. The predicted molar refractivity (Wildman–Crippen MR) is 81.7 cm³/mol. The Hall–Kier alpha value is -1.06. The molecule has 0 aliphatic heterocycles. The number of benzene rings is 1. The van der Waals surface area contributed by atoms with Crippen molar-refractivity contribution in [1.82, 2.24) is 4.90 Å². The van der Waals surface area contributed by atoms with Crippen molar-refractivity contribution in [2.75, 3.05) is 20.7 Å². The first-order chi connectivity index (χ1) is 9.69. The zero-order chi connectivity index (χ0) is 14.2. The largest absolute Gasteiger partial charge is 0.496 e. The first-order valence-corrected chi connectivity index (χ1v) is 7.73. The van der Waals surface area contributed by atoms with Crippen molar-refractivity contribution in [3.05, 3.63) is 29.8 Å². The molecule has 3 nitrogen and oxygen atoms in total. The molecule has 0 spiro atoms. The molecule has 2 bridgehead atoms. The van der Waals surface area contributed by atoms with Crippen molar-refractivity contribution in [1.29, 1.82) is 0 Å². The SMILES string of the molecule is COc1ccccc1CN(C)C1(CN)CC2CCC1C2. The van der Waals surface area contributed by atoms with Crippen LogP contribution < -0.4 is 10.5 Å². The summed E-state index contributed by atoms with van der Waals surface area (Å²) in [6.45, 7) is 1.70. The minimum atomic E-state index is 0.212. The van der Waals surface area contributed by atoms with E-state index in [-0.39, 0.29) is 5.54 Å². The maximum Gasteiger partial charge on any atom is 0.123 e. The Bertz CT molecular complexity index is 476. The van der Waals surface area contributed by atoms with Crippen LogP contribution in [0.5, 0.6) is 5.75 Å². The number of hydrogen-bond acceptors (Lipinski definition) is 3. The van der Waals surface area contributed by atoms with Crippen LogP contribution in [0.15, 0.2) is 24.3 Å². The third-order valence-corrected chi connectivity index (χ3v) is 5.66. The Morgan fingerprint density at radius 2 is 2.15 bits per heavy atom. The Morgan fingerprint density at radius 3 is 2.75 bits per heavy atom. The van der Waals surface area contributed by atoms with E-state index < -0.39 is 0 Å². The summed E-state index contributed by atoms with van der Waals surface area (Å²) in [5.41, 5.74) is 7.68. The second kappa shape index (κ2) is 5.38. The predicted octanol–water partition coefficient (Wildman–Crippen LogP) is 2.64. The van der Waals surface area contributed by atoms with Crippen LogP contribution in [0.3, 0.4) is 0 Å². The Kier molecular flexibility index (Phi) is 3.74. The lowest BCUT2D eigenvalue weighted by molar-refractivity contribution is 0.0585. The van der Waals surface area contributed by atoms with Crippen LogP contribution in [-0.2, 0) is 6.54 Å². The van der Waals surface area contributed by atoms with Gasteiger partial charge in [-0.25, -0.2) is 0 Å². The van der Waals surface area contributed by atoms with E-state index in [4.69, 9.17) is 10.5 Å². The number of nitrogens with two attached hydrogens (primary N) is 1. The lowest BCUT2D eigenvalue weighted by atomic mass is 9.79. The molecule has 0 amide bonds. The maximum atomic E-state index is 6.21. The smallest absolute Gasteiger partial charge is 0.123 e. The van der Waals surface area contributed by atoms with Gasteiger partial charge < -0.3 is 10.5 Å². The lowest BCUT2D eigenvalue weighted by Gasteiger charge is -2.44. The van der Waals surface area contributed by atoms with Crippen molar-refractivity contribution < 1.29 is 4.74 Å². The van der Waals surface area contributed by atoms with Gasteiger partial charge in [0.15, 0.2) is 0 Å². The highest BCUT2D eigenvalue weighted by molar-refractivity contribution is 5.33. The Balaban J connectivity index is 1.80. The molecular formula is C17H26N2O. The van der Waals surface area contributed by atoms with Gasteiger partial charge in [0.25, 0.3) is 0 Å². The van der Waals surface area contributed by atoms with Gasteiger partial charge in [-0.05, 0) is 44.2 Å². The maximum absolute atomic E-state index is 6.21. The fourth-order valence-corrected chi connectivity index (χ4v) is 4.53. The van der Waals surface area contributed by atoms with Crippen LogP contribution in [0.4, 0.5) is 0 Å². The molecule has 2 saturated carbocycles. The molecule has 2 aliphatic rings. The molecule has 110 valence electrons. The van der Waals surface area contributed by atoms with Gasteiger partial charge in [-0.3, -0.25) is 4.90 Å². The first kappa shape index (κ1) is 13.9. The van der Waals surface area contributed by atoms with Gasteiger partial charge in [-0.15, -0.1) is 0 Å². The molecule has 3 heteroatoms. The van der Waals surface area contributed by atoms with E-state index >= 15 is 0 Å².